The minimum atomic E-state index is 0.722. The Morgan fingerprint density at radius 3 is 3.06 bits per heavy atom. The van der Waals surface area contributed by atoms with Gasteiger partial charge < -0.3 is 9.88 Å². The molecule has 2 nitrogen and oxygen atoms in total. The van der Waals surface area contributed by atoms with Gasteiger partial charge in [-0.3, -0.25) is 0 Å². The van der Waals surface area contributed by atoms with Crippen molar-refractivity contribution in [2.24, 2.45) is 0 Å². The Morgan fingerprint density at radius 2 is 2.29 bits per heavy atom. The van der Waals surface area contributed by atoms with E-state index in [1.165, 1.54) is 30.7 Å². The van der Waals surface area contributed by atoms with Crippen LogP contribution in [0.15, 0.2) is 18.3 Å². The first-order valence-corrected chi connectivity index (χ1v) is 7.89. The highest BCUT2D eigenvalue weighted by Gasteiger charge is 2.26. The number of hydrogen-bond donors (Lipinski definition) is 1. The standard InChI is InChI=1S/C14H24N2S/c1-3-16-10-6-7-12(16)11-15-13-8-5-9-14(13)17-4-2/h6-7,10,13-15H,3-5,8-9,11H2,1-2H3. The molecule has 0 aromatic carbocycles. The van der Waals surface area contributed by atoms with Crippen LogP contribution in [0.2, 0.25) is 0 Å². The van der Waals surface area contributed by atoms with Gasteiger partial charge in [0.1, 0.15) is 0 Å². The van der Waals surface area contributed by atoms with Crippen LogP contribution in [0.25, 0.3) is 0 Å². The van der Waals surface area contributed by atoms with E-state index in [9.17, 15) is 0 Å². The monoisotopic (exact) mass is 252 g/mol. The molecule has 0 spiro atoms. The van der Waals surface area contributed by atoms with Gasteiger partial charge in [0.25, 0.3) is 0 Å². The lowest BCUT2D eigenvalue weighted by Crippen LogP contribution is -2.34. The summed E-state index contributed by atoms with van der Waals surface area (Å²) in [6.45, 7) is 6.56. The first-order valence-electron chi connectivity index (χ1n) is 6.84. The molecule has 1 N–H and O–H groups in total. The lowest BCUT2D eigenvalue weighted by atomic mass is 10.2. The number of aromatic nitrogens is 1. The first kappa shape index (κ1) is 13.0. The molecule has 1 aromatic rings. The van der Waals surface area contributed by atoms with E-state index < -0.39 is 0 Å². The molecule has 1 saturated carbocycles. The SMILES string of the molecule is CCSC1CCCC1NCc1cccn1CC. The number of nitrogens with one attached hydrogen (secondary N) is 1. The van der Waals surface area contributed by atoms with Gasteiger partial charge in [-0.15, -0.1) is 0 Å². The minimum Gasteiger partial charge on any atom is -0.351 e. The molecule has 0 saturated heterocycles. The third-order valence-corrected chi connectivity index (χ3v) is 4.97. The highest BCUT2D eigenvalue weighted by Crippen LogP contribution is 2.30. The normalized spacial score (nSPS) is 24.4. The summed E-state index contributed by atoms with van der Waals surface area (Å²) >= 11 is 2.12. The van der Waals surface area contributed by atoms with Gasteiger partial charge in [-0.1, -0.05) is 13.3 Å². The summed E-state index contributed by atoms with van der Waals surface area (Å²) in [7, 11) is 0. The largest absolute Gasteiger partial charge is 0.351 e. The second kappa shape index (κ2) is 6.50. The average Bonchev–Trinajstić information content (AvgIpc) is 2.95. The topological polar surface area (TPSA) is 17.0 Å². The van der Waals surface area contributed by atoms with Gasteiger partial charge in [0.15, 0.2) is 0 Å². The predicted octanol–water partition coefficient (Wildman–Crippen LogP) is 3.27. The zero-order valence-electron chi connectivity index (χ0n) is 11.0. The van der Waals surface area contributed by atoms with Crippen molar-refractivity contribution in [3.8, 4) is 0 Å². The van der Waals surface area contributed by atoms with Crippen molar-refractivity contribution in [3.05, 3.63) is 24.0 Å². The molecule has 1 aromatic heterocycles. The molecule has 96 valence electrons. The maximum absolute atomic E-state index is 3.75. The summed E-state index contributed by atoms with van der Waals surface area (Å²) < 4.78 is 2.32. The number of aryl methyl sites for hydroxylation is 1. The van der Waals surface area contributed by atoms with Crippen molar-refractivity contribution in [3.63, 3.8) is 0 Å². The van der Waals surface area contributed by atoms with E-state index in [1.54, 1.807) is 0 Å². The first-order chi connectivity index (χ1) is 8.35. The highest BCUT2D eigenvalue weighted by molar-refractivity contribution is 7.99. The maximum Gasteiger partial charge on any atom is 0.0362 e. The average molecular weight is 252 g/mol. The van der Waals surface area contributed by atoms with Crippen LogP contribution >= 0.6 is 11.8 Å². The lowest BCUT2D eigenvalue weighted by molar-refractivity contribution is 0.515. The van der Waals surface area contributed by atoms with Crippen LogP contribution in [0.1, 0.15) is 38.8 Å². The molecule has 1 aliphatic carbocycles. The quantitative estimate of drug-likeness (QED) is 0.837. The van der Waals surface area contributed by atoms with Crippen LogP contribution in [-0.2, 0) is 13.1 Å². The Balaban J connectivity index is 1.85. The molecule has 0 aliphatic heterocycles. The van der Waals surface area contributed by atoms with Crippen LogP contribution in [-0.4, -0.2) is 21.6 Å². The molecule has 2 rings (SSSR count). The molecule has 2 unspecified atom stereocenters. The van der Waals surface area contributed by atoms with Crippen LogP contribution in [0.5, 0.6) is 0 Å². The summed E-state index contributed by atoms with van der Waals surface area (Å²) in [6.07, 6.45) is 6.31. The molecule has 0 radical (unpaired) electrons. The molecule has 1 aliphatic rings. The van der Waals surface area contributed by atoms with Crippen LogP contribution in [0.4, 0.5) is 0 Å². The van der Waals surface area contributed by atoms with E-state index in [0.717, 1.165) is 24.4 Å². The molecule has 3 heteroatoms. The van der Waals surface area contributed by atoms with Gasteiger partial charge in [0, 0.05) is 36.3 Å². The second-order valence-corrected chi connectivity index (χ2v) is 6.21. The number of nitrogens with zero attached hydrogens (tertiary/aromatic N) is 1. The fraction of sp³-hybridized carbons (Fsp3) is 0.714. The summed E-state index contributed by atoms with van der Waals surface area (Å²) in [5.74, 6) is 1.24. The zero-order chi connectivity index (χ0) is 12.1. The van der Waals surface area contributed by atoms with E-state index in [4.69, 9.17) is 0 Å². The smallest absolute Gasteiger partial charge is 0.0362 e. The van der Waals surface area contributed by atoms with E-state index in [1.807, 2.05) is 0 Å². The van der Waals surface area contributed by atoms with Crippen molar-refractivity contribution >= 4 is 11.8 Å². The minimum absolute atomic E-state index is 0.722. The zero-order valence-corrected chi connectivity index (χ0v) is 11.8. The number of hydrogen-bond acceptors (Lipinski definition) is 2. The predicted molar refractivity (Wildman–Crippen MR) is 76.5 cm³/mol. The summed E-state index contributed by atoms with van der Waals surface area (Å²) in [6, 6.07) is 5.10. The van der Waals surface area contributed by atoms with Gasteiger partial charge in [0.2, 0.25) is 0 Å². The van der Waals surface area contributed by atoms with Crippen molar-refractivity contribution in [1.29, 1.82) is 0 Å². The molecule has 0 bridgehead atoms. The van der Waals surface area contributed by atoms with Gasteiger partial charge in [-0.25, -0.2) is 0 Å². The fourth-order valence-electron chi connectivity index (χ4n) is 2.73. The van der Waals surface area contributed by atoms with E-state index in [2.05, 4.69) is 53.8 Å². The second-order valence-electron chi connectivity index (χ2n) is 4.70. The molecule has 1 fully saturated rings. The van der Waals surface area contributed by atoms with Crippen molar-refractivity contribution in [2.45, 2.75) is 57.5 Å². The van der Waals surface area contributed by atoms with E-state index >= 15 is 0 Å². The molecule has 2 atom stereocenters. The van der Waals surface area contributed by atoms with Crippen molar-refractivity contribution < 1.29 is 0 Å². The number of thioether (sulfide) groups is 1. The Morgan fingerprint density at radius 1 is 1.41 bits per heavy atom. The highest BCUT2D eigenvalue weighted by atomic mass is 32.2. The van der Waals surface area contributed by atoms with Gasteiger partial charge in [-0.2, -0.15) is 11.8 Å². The Hall–Kier alpha value is -0.410. The molecule has 1 heterocycles. The lowest BCUT2D eigenvalue weighted by Gasteiger charge is -2.20. The van der Waals surface area contributed by atoms with Crippen molar-refractivity contribution in [1.82, 2.24) is 9.88 Å². The van der Waals surface area contributed by atoms with E-state index in [0.29, 0.717) is 0 Å². The van der Waals surface area contributed by atoms with Gasteiger partial charge in [0.05, 0.1) is 0 Å². The fourth-order valence-corrected chi connectivity index (χ4v) is 3.95. The van der Waals surface area contributed by atoms with Crippen LogP contribution in [0.3, 0.4) is 0 Å². The summed E-state index contributed by atoms with van der Waals surface area (Å²) in [5, 5.41) is 4.59. The molecular weight excluding hydrogens is 228 g/mol. The van der Waals surface area contributed by atoms with Gasteiger partial charge >= 0.3 is 0 Å². The summed E-state index contributed by atoms with van der Waals surface area (Å²) in [4.78, 5) is 0. The third kappa shape index (κ3) is 3.29. The molecule has 17 heavy (non-hydrogen) atoms. The molecule has 0 amide bonds. The molecular formula is C14H24N2S. The Bertz CT molecular complexity index is 335. The van der Waals surface area contributed by atoms with Crippen LogP contribution in [0, 0.1) is 0 Å². The van der Waals surface area contributed by atoms with Crippen LogP contribution < -0.4 is 5.32 Å². The Kier molecular flexibility index (Phi) is 4.99. The van der Waals surface area contributed by atoms with Gasteiger partial charge in [-0.05, 0) is 37.7 Å². The third-order valence-electron chi connectivity index (χ3n) is 3.64. The van der Waals surface area contributed by atoms with Crippen molar-refractivity contribution in [2.75, 3.05) is 5.75 Å². The Labute approximate surface area is 109 Å². The van der Waals surface area contributed by atoms with E-state index in [-0.39, 0.29) is 0 Å². The maximum atomic E-state index is 3.75. The number of rotatable bonds is 6. The summed E-state index contributed by atoms with van der Waals surface area (Å²) in [5.41, 5.74) is 1.42.